The van der Waals surface area contributed by atoms with E-state index in [0.29, 0.717) is 33.4 Å². The molecule has 24 heavy (non-hydrogen) atoms. The summed E-state index contributed by atoms with van der Waals surface area (Å²) < 4.78 is 14.9. The first kappa shape index (κ1) is 16.0. The van der Waals surface area contributed by atoms with Crippen molar-refractivity contribution >= 4 is 27.9 Å². The lowest BCUT2D eigenvalue weighted by Crippen LogP contribution is -1.97. The van der Waals surface area contributed by atoms with Crippen LogP contribution in [0.25, 0.3) is 16.9 Å². The first-order valence-corrected chi connectivity index (χ1v) is 7.55. The number of halogens is 2. The van der Waals surface area contributed by atoms with Crippen LogP contribution in [0.2, 0.25) is 0 Å². The van der Waals surface area contributed by atoms with Gasteiger partial charge in [-0.15, -0.1) is 0 Å². The van der Waals surface area contributed by atoms with Crippen molar-refractivity contribution in [3.8, 4) is 16.9 Å². The molecule has 0 unspecified atom stereocenters. The lowest BCUT2D eigenvalue weighted by molar-refractivity contribution is -0.384. The highest BCUT2D eigenvalue weighted by Crippen LogP contribution is 2.30. The number of non-ortho nitro benzene ring substituents is 1. The van der Waals surface area contributed by atoms with Gasteiger partial charge in [0.1, 0.15) is 16.1 Å². The second-order valence-electron chi connectivity index (χ2n) is 4.86. The van der Waals surface area contributed by atoms with Crippen LogP contribution in [0.5, 0.6) is 0 Å². The van der Waals surface area contributed by atoms with Crippen LogP contribution in [0.3, 0.4) is 0 Å². The molecule has 120 valence electrons. The second-order valence-corrected chi connectivity index (χ2v) is 5.61. The summed E-state index contributed by atoms with van der Waals surface area (Å²) in [6, 6.07) is 11.4. The third-order valence-electron chi connectivity index (χ3n) is 3.40. The molecule has 0 aliphatic carbocycles. The summed E-state index contributed by atoms with van der Waals surface area (Å²) >= 11 is 3.32. The Labute approximate surface area is 143 Å². The molecule has 0 radical (unpaired) electrons. The highest BCUT2D eigenvalue weighted by atomic mass is 79.9. The molecule has 0 aliphatic heterocycles. The fourth-order valence-corrected chi connectivity index (χ4v) is 2.79. The average molecular weight is 390 g/mol. The Hall–Kier alpha value is -2.87. The van der Waals surface area contributed by atoms with Gasteiger partial charge < -0.3 is 0 Å². The van der Waals surface area contributed by atoms with Crippen molar-refractivity contribution in [1.29, 1.82) is 0 Å². The van der Waals surface area contributed by atoms with Crippen molar-refractivity contribution in [2.24, 2.45) is 0 Å². The summed E-state index contributed by atoms with van der Waals surface area (Å²) in [5, 5.41) is 15.1. The van der Waals surface area contributed by atoms with Crippen LogP contribution in [-0.2, 0) is 0 Å². The van der Waals surface area contributed by atoms with Crippen LogP contribution < -0.4 is 0 Å². The van der Waals surface area contributed by atoms with Gasteiger partial charge in [-0.1, -0.05) is 0 Å². The minimum absolute atomic E-state index is 0.0450. The Morgan fingerprint density at radius 2 is 1.75 bits per heavy atom. The number of aldehydes is 1. The van der Waals surface area contributed by atoms with Crippen LogP contribution in [0, 0.1) is 15.9 Å². The van der Waals surface area contributed by atoms with Gasteiger partial charge in [0, 0.05) is 17.7 Å². The van der Waals surface area contributed by atoms with E-state index in [1.165, 1.54) is 53.2 Å². The molecule has 3 aromatic rings. The van der Waals surface area contributed by atoms with E-state index in [1.54, 1.807) is 0 Å². The number of hydrogen-bond donors (Lipinski definition) is 0. The van der Waals surface area contributed by atoms with Crippen molar-refractivity contribution in [3.63, 3.8) is 0 Å². The molecule has 3 rings (SSSR count). The molecular weight excluding hydrogens is 381 g/mol. The van der Waals surface area contributed by atoms with E-state index in [2.05, 4.69) is 21.0 Å². The van der Waals surface area contributed by atoms with Gasteiger partial charge in [0.15, 0.2) is 6.29 Å². The summed E-state index contributed by atoms with van der Waals surface area (Å²) in [5.41, 5.74) is 1.77. The van der Waals surface area contributed by atoms with E-state index in [4.69, 9.17) is 0 Å². The van der Waals surface area contributed by atoms with Crippen LogP contribution >= 0.6 is 15.9 Å². The maximum absolute atomic E-state index is 13.1. The summed E-state index contributed by atoms with van der Waals surface area (Å²) in [7, 11) is 0. The number of rotatable bonds is 4. The van der Waals surface area contributed by atoms with Crippen LogP contribution in [-0.4, -0.2) is 21.0 Å². The number of nitro groups is 1. The van der Waals surface area contributed by atoms with E-state index in [0.717, 1.165) is 0 Å². The van der Waals surface area contributed by atoms with Gasteiger partial charge in [0.25, 0.3) is 5.69 Å². The zero-order chi connectivity index (χ0) is 17.3. The summed E-state index contributed by atoms with van der Waals surface area (Å²) in [6.07, 6.45) is 0.650. The molecule has 1 heterocycles. The Morgan fingerprint density at radius 1 is 1.12 bits per heavy atom. The molecule has 8 heteroatoms. The fraction of sp³-hybridized carbons (Fsp3) is 0. The van der Waals surface area contributed by atoms with Crippen LogP contribution in [0.4, 0.5) is 10.1 Å². The Bertz CT molecular complexity index is 921. The fourth-order valence-electron chi connectivity index (χ4n) is 2.22. The van der Waals surface area contributed by atoms with Gasteiger partial charge in [0.05, 0.1) is 16.2 Å². The maximum atomic E-state index is 13.1. The largest absolute Gasteiger partial charge is 0.298 e. The predicted molar refractivity (Wildman–Crippen MR) is 88.7 cm³/mol. The molecule has 0 aliphatic rings. The molecular formula is C16H9BrFN3O3. The number of aromatic nitrogens is 2. The molecule has 0 atom stereocenters. The van der Waals surface area contributed by atoms with Crippen molar-refractivity contribution in [1.82, 2.24) is 9.78 Å². The van der Waals surface area contributed by atoms with Crippen molar-refractivity contribution < 1.29 is 14.1 Å². The minimum Gasteiger partial charge on any atom is -0.298 e. The van der Waals surface area contributed by atoms with E-state index < -0.39 is 4.92 Å². The van der Waals surface area contributed by atoms with Gasteiger partial charge in [-0.3, -0.25) is 14.9 Å². The van der Waals surface area contributed by atoms with Gasteiger partial charge in [-0.2, -0.15) is 5.10 Å². The lowest BCUT2D eigenvalue weighted by atomic mass is 10.1. The SMILES string of the molecule is O=Cc1c(-c2ccc(F)cc2)nn(-c2ccc([N+](=O)[O-])cc2)c1Br. The number of nitrogens with zero attached hydrogens (tertiary/aromatic N) is 3. The third kappa shape index (κ3) is 2.83. The van der Waals surface area contributed by atoms with E-state index >= 15 is 0 Å². The van der Waals surface area contributed by atoms with E-state index in [-0.39, 0.29) is 11.5 Å². The third-order valence-corrected chi connectivity index (χ3v) is 4.17. The van der Waals surface area contributed by atoms with Gasteiger partial charge >= 0.3 is 0 Å². The molecule has 0 bridgehead atoms. The summed E-state index contributed by atoms with van der Waals surface area (Å²) in [4.78, 5) is 21.7. The van der Waals surface area contributed by atoms with Crippen molar-refractivity contribution in [3.05, 3.63) is 74.6 Å². The number of benzene rings is 2. The smallest absolute Gasteiger partial charge is 0.269 e. The lowest BCUT2D eigenvalue weighted by Gasteiger charge is -2.02. The van der Waals surface area contributed by atoms with Gasteiger partial charge in [-0.05, 0) is 52.3 Å². The van der Waals surface area contributed by atoms with E-state index in [9.17, 15) is 19.3 Å². The Balaban J connectivity index is 2.11. The number of carbonyl (C=O) groups excluding carboxylic acids is 1. The Morgan fingerprint density at radius 3 is 2.29 bits per heavy atom. The number of nitro benzene ring substituents is 1. The monoisotopic (exact) mass is 389 g/mol. The number of hydrogen-bond acceptors (Lipinski definition) is 4. The molecule has 6 nitrogen and oxygen atoms in total. The average Bonchev–Trinajstić information content (AvgIpc) is 2.92. The molecule has 0 N–H and O–H groups in total. The first-order valence-electron chi connectivity index (χ1n) is 6.75. The van der Waals surface area contributed by atoms with Gasteiger partial charge in [-0.25, -0.2) is 9.07 Å². The molecule has 0 spiro atoms. The van der Waals surface area contributed by atoms with Crippen molar-refractivity contribution in [2.45, 2.75) is 0 Å². The molecule has 0 saturated heterocycles. The number of carbonyl (C=O) groups is 1. The summed E-state index contributed by atoms with van der Waals surface area (Å²) in [6.45, 7) is 0. The highest BCUT2D eigenvalue weighted by Gasteiger charge is 2.18. The van der Waals surface area contributed by atoms with Crippen molar-refractivity contribution in [2.75, 3.05) is 0 Å². The van der Waals surface area contributed by atoms with Crippen LogP contribution in [0.15, 0.2) is 53.1 Å². The highest BCUT2D eigenvalue weighted by molar-refractivity contribution is 9.10. The molecule has 0 saturated carbocycles. The molecule has 2 aromatic carbocycles. The van der Waals surface area contributed by atoms with E-state index in [1.807, 2.05) is 0 Å². The minimum atomic E-state index is -0.497. The zero-order valence-corrected chi connectivity index (χ0v) is 13.6. The standard InChI is InChI=1S/C16H9BrFN3O3/c17-16-14(9-22)15(10-1-3-11(18)4-2-10)19-20(16)12-5-7-13(8-6-12)21(23)24/h1-9H. The molecule has 1 aromatic heterocycles. The topological polar surface area (TPSA) is 78.0 Å². The second kappa shape index (κ2) is 6.32. The quantitative estimate of drug-likeness (QED) is 0.381. The normalized spacial score (nSPS) is 10.6. The summed E-state index contributed by atoms with van der Waals surface area (Å²) in [5.74, 6) is -0.389. The van der Waals surface area contributed by atoms with Gasteiger partial charge in [0.2, 0.25) is 0 Å². The zero-order valence-electron chi connectivity index (χ0n) is 12.0. The molecule has 0 amide bonds. The molecule has 0 fully saturated rings. The van der Waals surface area contributed by atoms with Crippen LogP contribution in [0.1, 0.15) is 10.4 Å². The Kier molecular flexibility index (Phi) is 4.22. The maximum Gasteiger partial charge on any atom is 0.269 e. The first-order chi connectivity index (χ1) is 11.5. The predicted octanol–water partition coefficient (Wildman–Crippen LogP) is 4.16.